The average Bonchev–Trinajstić information content (AvgIpc) is 3.11. The van der Waals surface area contributed by atoms with Gasteiger partial charge in [-0.15, -0.1) is 0 Å². The van der Waals surface area contributed by atoms with Crippen LogP contribution in [0.4, 0.5) is 0 Å². The van der Waals surface area contributed by atoms with Gasteiger partial charge < -0.3 is 14.6 Å². The number of carbonyl (C=O) groups is 3. The summed E-state index contributed by atoms with van der Waals surface area (Å²) in [5.74, 6) is -1.29. The minimum atomic E-state index is -1.02. The molecule has 1 saturated carbocycles. The number of hydrogen-bond donors (Lipinski definition) is 1. The molecule has 1 aromatic rings. The highest BCUT2D eigenvalue weighted by Crippen LogP contribution is 2.32. The molecule has 0 unspecified atom stereocenters. The Balaban J connectivity index is 2.04. The zero-order chi connectivity index (χ0) is 18.6. The van der Waals surface area contributed by atoms with Crippen LogP contribution in [-0.2, 0) is 9.53 Å². The van der Waals surface area contributed by atoms with E-state index < -0.39 is 23.5 Å². The van der Waals surface area contributed by atoms with Crippen LogP contribution in [-0.4, -0.2) is 46.2 Å². The Hall–Kier alpha value is -2.62. The maximum absolute atomic E-state index is 12.6. The van der Waals surface area contributed by atoms with E-state index in [0.717, 1.165) is 19.3 Å². The second kappa shape index (κ2) is 7.51. The van der Waals surface area contributed by atoms with Gasteiger partial charge in [-0.2, -0.15) is 5.26 Å². The monoisotopic (exact) mass is 345 g/mol. The van der Waals surface area contributed by atoms with Crippen LogP contribution in [0.25, 0.3) is 0 Å². The number of ether oxygens (including phenoxy) is 1. The smallest absolute Gasteiger partial charge is 0.355 e. The summed E-state index contributed by atoms with van der Waals surface area (Å²) in [5, 5.41) is 9.57. The lowest BCUT2D eigenvalue weighted by atomic mass is 9.81. The van der Waals surface area contributed by atoms with E-state index in [2.05, 4.69) is 11.1 Å². The number of nitrogens with zero attached hydrogens (tertiary/aromatic N) is 2. The number of H-pyrrole nitrogens is 1. The summed E-state index contributed by atoms with van der Waals surface area (Å²) in [4.78, 5) is 40.1. The molecule has 0 saturated heterocycles. The topological polar surface area (TPSA) is 103 Å². The number of nitrogens with one attached hydrogen (secondary N) is 1. The molecule has 1 N–H and O–H groups in total. The number of nitriles is 1. The van der Waals surface area contributed by atoms with E-state index in [1.165, 1.54) is 31.0 Å². The molecule has 1 fully saturated rings. The van der Waals surface area contributed by atoms with Gasteiger partial charge in [-0.3, -0.25) is 9.59 Å². The first-order chi connectivity index (χ1) is 11.8. The average molecular weight is 345 g/mol. The van der Waals surface area contributed by atoms with Crippen molar-refractivity contribution >= 4 is 17.7 Å². The minimum absolute atomic E-state index is 0.111. The first kappa shape index (κ1) is 18.7. The largest absolute Gasteiger partial charge is 0.448 e. The third-order valence-electron chi connectivity index (χ3n) is 4.80. The summed E-state index contributed by atoms with van der Waals surface area (Å²) >= 11 is 0. The summed E-state index contributed by atoms with van der Waals surface area (Å²) in [6, 6.07) is 3.67. The maximum atomic E-state index is 12.6. The van der Waals surface area contributed by atoms with Gasteiger partial charge in [0.05, 0.1) is 6.07 Å². The lowest BCUT2D eigenvalue weighted by molar-refractivity contribution is -0.143. The highest BCUT2D eigenvalue weighted by molar-refractivity contribution is 5.98. The third-order valence-corrected chi connectivity index (χ3v) is 4.80. The van der Waals surface area contributed by atoms with Gasteiger partial charge in [0.2, 0.25) is 0 Å². The zero-order valence-corrected chi connectivity index (χ0v) is 14.8. The zero-order valence-electron chi connectivity index (χ0n) is 14.8. The standard InChI is InChI=1S/C18H23N3O4/c1-12(22)14-9-15(20-10-14)17(24)25-13(2)16(23)21(3)18(11-19)7-5-4-6-8-18/h9-10,13,20H,4-8H2,1-3H3/t13-/m1/s1. The van der Waals surface area contributed by atoms with Crippen LogP contribution in [0.15, 0.2) is 12.3 Å². The fourth-order valence-electron chi connectivity index (χ4n) is 3.13. The molecule has 134 valence electrons. The van der Waals surface area contributed by atoms with Crippen molar-refractivity contribution in [3.63, 3.8) is 0 Å². The molecule has 7 heteroatoms. The fourth-order valence-corrected chi connectivity index (χ4v) is 3.13. The van der Waals surface area contributed by atoms with E-state index in [-0.39, 0.29) is 11.5 Å². The molecule has 0 aromatic carbocycles. The summed E-state index contributed by atoms with van der Waals surface area (Å²) in [6.45, 7) is 2.88. The van der Waals surface area contributed by atoms with Crippen molar-refractivity contribution in [2.75, 3.05) is 7.05 Å². The SMILES string of the molecule is CC(=O)c1c[nH]c(C(=O)O[C@H](C)C(=O)N(C)C2(C#N)CCCCC2)c1. The van der Waals surface area contributed by atoms with Gasteiger partial charge in [-0.05, 0) is 32.8 Å². The molecule has 1 aliphatic rings. The van der Waals surface area contributed by atoms with Crippen molar-refractivity contribution in [3.05, 3.63) is 23.5 Å². The number of aromatic nitrogens is 1. The molecule has 0 bridgehead atoms. The summed E-state index contributed by atoms with van der Waals surface area (Å²) < 4.78 is 5.21. The molecular weight excluding hydrogens is 322 g/mol. The molecule has 0 spiro atoms. The normalized spacial score (nSPS) is 17.2. The van der Waals surface area contributed by atoms with Gasteiger partial charge in [0.25, 0.3) is 5.91 Å². The van der Waals surface area contributed by atoms with E-state index in [9.17, 15) is 19.6 Å². The van der Waals surface area contributed by atoms with Gasteiger partial charge in [-0.25, -0.2) is 4.79 Å². The van der Waals surface area contributed by atoms with E-state index in [4.69, 9.17) is 4.74 Å². The number of carbonyl (C=O) groups excluding carboxylic acids is 3. The Bertz CT molecular complexity index is 710. The first-order valence-corrected chi connectivity index (χ1v) is 8.40. The second-order valence-electron chi connectivity index (χ2n) is 6.51. The molecule has 2 rings (SSSR count). The van der Waals surface area contributed by atoms with Gasteiger partial charge in [0.1, 0.15) is 11.2 Å². The first-order valence-electron chi connectivity index (χ1n) is 8.40. The van der Waals surface area contributed by atoms with Crippen molar-refractivity contribution in [1.82, 2.24) is 9.88 Å². The van der Waals surface area contributed by atoms with Crippen molar-refractivity contribution in [1.29, 1.82) is 5.26 Å². The summed E-state index contributed by atoms with van der Waals surface area (Å²) in [7, 11) is 1.59. The van der Waals surface area contributed by atoms with Crippen molar-refractivity contribution in [2.45, 2.75) is 57.6 Å². The minimum Gasteiger partial charge on any atom is -0.448 e. The van der Waals surface area contributed by atoms with Gasteiger partial charge >= 0.3 is 5.97 Å². The Kier molecular flexibility index (Phi) is 5.62. The Morgan fingerprint density at radius 3 is 2.48 bits per heavy atom. The Morgan fingerprint density at radius 1 is 1.32 bits per heavy atom. The number of aromatic amines is 1. The quantitative estimate of drug-likeness (QED) is 0.652. The number of esters is 1. The predicted molar refractivity (Wildman–Crippen MR) is 89.9 cm³/mol. The Labute approximate surface area is 146 Å². The molecule has 1 aliphatic carbocycles. The van der Waals surface area contributed by atoms with Crippen molar-refractivity contribution in [3.8, 4) is 6.07 Å². The molecule has 1 atom stereocenters. The molecule has 0 aliphatic heterocycles. The van der Waals surface area contributed by atoms with Crippen LogP contribution in [0, 0.1) is 11.3 Å². The summed E-state index contributed by atoms with van der Waals surface area (Å²) in [6.07, 6.45) is 4.51. The van der Waals surface area contributed by atoms with E-state index in [1.54, 1.807) is 7.05 Å². The Morgan fingerprint density at radius 2 is 1.96 bits per heavy atom. The number of amides is 1. The molecule has 0 radical (unpaired) electrons. The lowest BCUT2D eigenvalue weighted by Gasteiger charge is -2.39. The molecular formula is C18H23N3O4. The molecule has 1 heterocycles. The number of likely N-dealkylation sites (N-methyl/N-ethyl adjacent to an activating group) is 1. The van der Waals surface area contributed by atoms with E-state index in [1.807, 2.05) is 0 Å². The van der Waals surface area contributed by atoms with E-state index >= 15 is 0 Å². The number of Topliss-reactive ketones (excluding diaryl/α,β-unsaturated/α-hetero) is 1. The lowest BCUT2D eigenvalue weighted by Crippen LogP contribution is -2.53. The maximum Gasteiger partial charge on any atom is 0.355 e. The van der Waals surface area contributed by atoms with Crippen molar-refractivity contribution in [2.24, 2.45) is 0 Å². The van der Waals surface area contributed by atoms with Crippen LogP contribution in [0.1, 0.15) is 66.8 Å². The van der Waals surface area contributed by atoms with Crippen LogP contribution in [0.2, 0.25) is 0 Å². The number of hydrogen-bond acceptors (Lipinski definition) is 5. The highest BCUT2D eigenvalue weighted by Gasteiger charge is 2.40. The predicted octanol–water partition coefficient (Wildman–Crippen LogP) is 2.45. The fraction of sp³-hybridized carbons (Fsp3) is 0.556. The molecule has 1 aromatic heterocycles. The van der Waals surface area contributed by atoms with Crippen molar-refractivity contribution < 1.29 is 19.1 Å². The van der Waals surface area contributed by atoms with Gasteiger partial charge in [0, 0.05) is 18.8 Å². The van der Waals surface area contributed by atoms with Gasteiger partial charge in [-0.1, -0.05) is 19.3 Å². The number of rotatable bonds is 5. The van der Waals surface area contributed by atoms with Crippen LogP contribution in [0.3, 0.4) is 0 Å². The van der Waals surface area contributed by atoms with Gasteiger partial charge in [0.15, 0.2) is 11.9 Å². The highest BCUT2D eigenvalue weighted by atomic mass is 16.5. The third kappa shape index (κ3) is 3.90. The molecule has 25 heavy (non-hydrogen) atoms. The summed E-state index contributed by atoms with van der Waals surface area (Å²) in [5.41, 5.74) is -0.349. The van der Waals surface area contributed by atoms with E-state index in [0.29, 0.717) is 18.4 Å². The number of ketones is 1. The molecule has 7 nitrogen and oxygen atoms in total. The second-order valence-corrected chi connectivity index (χ2v) is 6.51. The van der Waals surface area contributed by atoms with Crippen LogP contribution < -0.4 is 0 Å². The molecule has 1 amide bonds. The van der Waals surface area contributed by atoms with Crippen LogP contribution in [0.5, 0.6) is 0 Å². The van der Waals surface area contributed by atoms with Crippen LogP contribution >= 0.6 is 0 Å².